The quantitative estimate of drug-likeness (QED) is 0.651. The summed E-state index contributed by atoms with van der Waals surface area (Å²) in [6.45, 7) is 1.01. The number of hydrogen-bond donors (Lipinski definition) is 1. The fourth-order valence-electron chi connectivity index (χ4n) is 3.92. The number of benzene rings is 2. The summed E-state index contributed by atoms with van der Waals surface area (Å²) >= 11 is 6.16. The molecule has 0 saturated carbocycles. The van der Waals surface area contributed by atoms with Crippen LogP contribution in [-0.4, -0.2) is 21.5 Å². The molecule has 29 heavy (non-hydrogen) atoms. The highest BCUT2D eigenvalue weighted by Gasteiger charge is 2.27. The summed E-state index contributed by atoms with van der Waals surface area (Å²) in [6, 6.07) is 15.5. The number of aryl methyl sites for hydroxylation is 1. The lowest BCUT2D eigenvalue weighted by atomic mass is 10.0. The Hall–Kier alpha value is -2.88. The molecule has 0 fully saturated rings. The number of para-hydroxylation sites is 1. The number of fused-ring (bicyclic) bond motifs is 2. The maximum atomic E-state index is 13.0. The largest absolute Gasteiger partial charge is 0.327 e. The minimum absolute atomic E-state index is 0.00360. The van der Waals surface area contributed by atoms with Gasteiger partial charge in [0.05, 0.1) is 23.6 Å². The number of anilines is 1. The van der Waals surface area contributed by atoms with Gasteiger partial charge in [0, 0.05) is 36.1 Å². The van der Waals surface area contributed by atoms with Gasteiger partial charge in [-0.25, -0.2) is 4.98 Å². The standard InChI is InChI=1S/C22H22ClN5O/c23-16-7-8-20-18(12-16)26-21(27(20)10-4-3-9-24)14-28-19-6-2-1-5-15(19)11-17(25)13-22(28)29/h1-2,5-8,12,17H,3-4,10-11,13-14,25H2. The summed E-state index contributed by atoms with van der Waals surface area (Å²) < 4.78 is 2.09. The first kappa shape index (κ1) is 19.4. The van der Waals surface area contributed by atoms with Crippen LogP contribution in [0.4, 0.5) is 5.69 Å². The Balaban J connectivity index is 1.75. The van der Waals surface area contributed by atoms with Gasteiger partial charge in [-0.3, -0.25) is 4.79 Å². The summed E-state index contributed by atoms with van der Waals surface area (Å²) in [5.41, 5.74) is 9.87. The highest BCUT2D eigenvalue weighted by molar-refractivity contribution is 6.31. The zero-order valence-corrected chi connectivity index (χ0v) is 16.8. The van der Waals surface area contributed by atoms with E-state index in [-0.39, 0.29) is 11.9 Å². The molecule has 2 heterocycles. The van der Waals surface area contributed by atoms with Crippen LogP contribution < -0.4 is 10.6 Å². The van der Waals surface area contributed by atoms with Gasteiger partial charge >= 0.3 is 0 Å². The second-order valence-electron chi connectivity index (χ2n) is 7.35. The Bertz CT molecular complexity index is 1100. The van der Waals surface area contributed by atoms with Crippen molar-refractivity contribution in [1.29, 1.82) is 5.26 Å². The molecule has 1 unspecified atom stereocenters. The Morgan fingerprint density at radius 3 is 2.90 bits per heavy atom. The lowest BCUT2D eigenvalue weighted by Gasteiger charge is -2.23. The van der Waals surface area contributed by atoms with E-state index in [1.807, 2.05) is 42.5 Å². The number of amides is 1. The van der Waals surface area contributed by atoms with E-state index in [1.54, 1.807) is 4.90 Å². The molecule has 0 aliphatic carbocycles. The number of carbonyl (C=O) groups excluding carboxylic acids is 1. The molecule has 6 nitrogen and oxygen atoms in total. The van der Waals surface area contributed by atoms with E-state index in [9.17, 15) is 4.79 Å². The Morgan fingerprint density at radius 2 is 2.07 bits per heavy atom. The second kappa shape index (κ2) is 8.24. The lowest BCUT2D eigenvalue weighted by molar-refractivity contribution is -0.119. The fourth-order valence-corrected chi connectivity index (χ4v) is 4.09. The predicted molar refractivity (Wildman–Crippen MR) is 114 cm³/mol. The van der Waals surface area contributed by atoms with E-state index in [0.717, 1.165) is 28.1 Å². The van der Waals surface area contributed by atoms with Gasteiger partial charge in [-0.05, 0) is 42.7 Å². The topological polar surface area (TPSA) is 87.9 Å². The number of nitrogens with zero attached hydrogens (tertiary/aromatic N) is 4. The van der Waals surface area contributed by atoms with E-state index in [4.69, 9.17) is 27.6 Å². The number of unbranched alkanes of at least 4 members (excludes halogenated alkanes) is 1. The van der Waals surface area contributed by atoms with Crippen molar-refractivity contribution in [2.24, 2.45) is 5.73 Å². The Morgan fingerprint density at radius 1 is 1.24 bits per heavy atom. The van der Waals surface area contributed by atoms with Crippen LogP contribution in [0.3, 0.4) is 0 Å². The van der Waals surface area contributed by atoms with Gasteiger partial charge in [0.1, 0.15) is 5.82 Å². The SMILES string of the molecule is N#CCCCn1c(CN2C(=O)CC(N)Cc3ccccc32)nc2cc(Cl)ccc21. The first-order valence-electron chi connectivity index (χ1n) is 9.72. The van der Waals surface area contributed by atoms with Gasteiger partial charge in [-0.15, -0.1) is 0 Å². The zero-order chi connectivity index (χ0) is 20.4. The van der Waals surface area contributed by atoms with Crippen molar-refractivity contribution in [3.8, 4) is 6.07 Å². The molecule has 1 aliphatic rings. The van der Waals surface area contributed by atoms with Crippen LogP contribution >= 0.6 is 11.6 Å². The number of imidazole rings is 1. The van der Waals surface area contributed by atoms with E-state index in [1.165, 1.54) is 0 Å². The van der Waals surface area contributed by atoms with Gasteiger partial charge in [0.25, 0.3) is 0 Å². The molecule has 0 bridgehead atoms. The smallest absolute Gasteiger partial charge is 0.228 e. The summed E-state index contributed by atoms with van der Waals surface area (Å²) in [7, 11) is 0. The van der Waals surface area contributed by atoms with Crippen LogP contribution in [0.1, 0.15) is 30.7 Å². The van der Waals surface area contributed by atoms with Gasteiger partial charge < -0.3 is 15.2 Å². The van der Waals surface area contributed by atoms with E-state index >= 15 is 0 Å². The molecular formula is C22H22ClN5O. The van der Waals surface area contributed by atoms with Crippen LogP contribution in [-0.2, 0) is 24.3 Å². The number of hydrogen-bond acceptors (Lipinski definition) is 4. The molecule has 0 saturated heterocycles. The average molecular weight is 408 g/mol. The molecule has 1 atom stereocenters. The van der Waals surface area contributed by atoms with Gasteiger partial charge in [0.15, 0.2) is 0 Å². The van der Waals surface area contributed by atoms with Crippen LogP contribution in [0.15, 0.2) is 42.5 Å². The minimum atomic E-state index is -0.193. The van der Waals surface area contributed by atoms with E-state index in [0.29, 0.717) is 43.8 Å². The fraction of sp³-hybridized carbons (Fsp3) is 0.318. The van der Waals surface area contributed by atoms with Crippen molar-refractivity contribution in [3.05, 3.63) is 58.9 Å². The number of nitriles is 1. The molecule has 1 amide bonds. The van der Waals surface area contributed by atoms with Crippen LogP contribution in [0.25, 0.3) is 11.0 Å². The minimum Gasteiger partial charge on any atom is -0.327 e. The highest BCUT2D eigenvalue weighted by Crippen LogP contribution is 2.29. The molecule has 148 valence electrons. The zero-order valence-electron chi connectivity index (χ0n) is 16.0. The van der Waals surface area contributed by atoms with Crippen molar-refractivity contribution < 1.29 is 4.79 Å². The van der Waals surface area contributed by atoms with E-state index < -0.39 is 0 Å². The van der Waals surface area contributed by atoms with Crippen molar-refractivity contribution in [3.63, 3.8) is 0 Å². The predicted octanol–water partition coefficient (Wildman–Crippen LogP) is 3.80. The molecule has 2 N–H and O–H groups in total. The van der Waals surface area contributed by atoms with Gasteiger partial charge in [0.2, 0.25) is 5.91 Å². The normalized spacial score (nSPS) is 16.5. The maximum absolute atomic E-state index is 13.0. The number of carbonyl (C=O) groups is 1. The summed E-state index contributed by atoms with van der Waals surface area (Å²) in [5, 5.41) is 9.54. The molecule has 7 heteroatoms. The third kappa shape index (κ3) is 3.98. The number of nitrogens with two attached hydrogens (primary N) is 1. The molecule has 4 rings (SSSR count). The first-order chi connectivity index (χ1) is 14.1. The monoisotopic (exact) mass is 407 g/mol. The van der Waals surface area contributed by atoms with Crippen molar-refractivity contribution in [2.45, 2.75) is 44.8 Å². The molecule has 2 aromatic carbocycles. The molecular weight excluding hydrogens is 386 g/mol. The van der Waals surface area contributed by atoms with Crippen molar-refractivity contribution in [2.75, 3.05) is 4.90 Å². The first-order valence-corrected chi connectivity index (χ1v) is 10.1. The Labute approximate surface area is 174 Å². The summed E-state index contributed by atoms with van der Waals surface area (Å²) in [5.74, 6) is 0.773. The lowest BCUT2D eigenvalue weighted by Crippen LogP contribution is -2.34. The number of rotatable bonds is 5. The summed E-state index contributed by atoms with van der Waals surface area (Å²) in [4.78, 5) is 19.5. The number of aromatic nitrogens is 2. The molecule has 0 spiro atoms. The van der Waals surface area contributed by atoms with E-state index in [2.05, 4.69) is 10.6 Å². The van der Waals surface area contributed by atoms with Crippen molar-refractivity contribution in [1.82, 2.24) is 9.55 Å². The molecule has 1 aliphatic heterocycles. The number of halogens is 1. The van der Waals surface area contributed by atoms with Gasteiger partial charge in [-0.1, -0.05) is 29.8 Å². The molecule has 0 radical (unpaired) electrons. The third-order valence-electron chi connectivity index (χ3n) is 5.26. The third-order valence-corrected chi connectivity index (χ3v) is 5.50. The van der Waals surface area contributed by atoms with Crippen molar-refractivity contribution >= 4 is 34.2 Å². The highest BCUT2D eigenvalue weighted by atomic mass is 35.5. The maximum Gasteiger partial charge on any atom is 0.228 e. The molecule has 3 aromatic rings. The van der Waals surface area contributed by atoms with Crippen LogP contribution in [0.2, 0.25) is 5.02 Å². The van der Waals surface area contributed by atoms with Gasteiger partial charge in [-0.2, -0.15) is 5.26 Å². The summed E-state index contributed by atoms with van der Waals surface area (Å²) in [6.07, 6.45) is 2.15. The van der Waals surface area contributed by atoms with Crippen LogP contribution in [0.5, 0.6) is 0 Å². The second-order valence-corrected chi connectivity index (χ2v) is 7.79. The van der Waals surface area contributed by atoms with Crippen LogP contribution in [0, 0.1) is 11.3 Å². The molecule has 1 aromatic heterocycles. The Kier molecular flexibility index (Phi) is 5.52. The average Bonchev–Trinajstić information content (AvgIpc) is 2.96.